The van der Waals surface area contributed by atoms with E-state index in [1.54, 1.807) is 25.4 Å². The van der Waals surface area contributed by atoms with Crippen molar-refractivity contribution in [3.05, 3.63) is 78.6 Å². The Hall–Kier alpha value is -3.78. The van der Waals surface area contributed by atoms with Gasteiger partial charge in [-0.1, -0.05) is 24.3 Å². The van der Waals surface area contributed by atoms with Crippen molar-refractivity contribution in [3.63, 3.8) is 0 Å². The number of nitrogens with zero attached hydrogens (tertiary/aromatic N) is 2. The molecule has 2 aromatic heterocycles. The predicted octanol–water partition coefficient (Wildman–Crippen LogP) is 5.47. The molecule has 8 heteroatoms. The number of urea groups is 1. The van der Waals surface area contributed by atoms with E-state index in [-0.39, 0.29) is 12.1 Å². The lowest BCUT2D eigenvalue weighted by atomic mass is 9.95. The first-order valence-electron chi connectivity index (χ1n) is 11.8. The molecule has 0 aliphatic heterocycles. The van der Waals surface area contributed by atoms with E-state index in [4.69, 9.17) is 0 Å². The zero-order chi connectivity index (χ0) is 25.9. The summed E-state index contributed by atoms with van der Waals surface area (Å²) in [6.07, 6.45) is 5.19. The number of benzene rings is 2. The van der Waals surface area contributed by atoms with Gasteiger partial charge >= 0.3 is 6.03 Å². The van der Waals surface area contributed by atoms with E-state index in [1.165, 1.54) is 6.26 Å². The highest BCUT2D eigenvalue weighted by Gasteiger charge is 2.17. The van der Waals surface area contributed by atoms with E-state index in [1.807, 2.05) is 62.4 Å². The van der Waals surface area contributed by atoms with Crippen molar-refractivity contribution in [2.24, 2.45) is 0 Å². The van der Waals surface area contributed by atoms with Gasteiger partial charge in [0.05, 0.1) is 10.8 Å². The maximum absolute atomic E-state index is 12.0. The first-order valence-corrected chi connectivity index (χ1v) is 13.8. The molecule has 0 spiro atoms. The Morgan fingerprint density at radius 3 is 2.39 bits per heavy atom. The number of carbonyl (C=O) groups is 1. The minimum absolute atomic E-state index is 0.0330. The van der Waals surface area contributed by atoms with Crippen LogP contribution in [-0.4, -0.2) is 42.0 Å². The molecule has 0 aliphatic carbocycles. The van der Waals surface area contributed by atoms with Gasteiger partial charge in [-0.3, -0.25) is 10.3 Å². The number of pyridine rings is 2. The van der Waals surface area contributed by atoms with E-state index >= 15 is 0 Å². The Bertz CT molecular complexity index is 1500. The lowest BCUT2D eigenvalue weighted by molar-refractivity contribution is 0.250. The van der Waals surface area contributed by atoms with Crippen LogP contribution >= 0.6 is 0 Å². The smallest absolute Gasteiger partial charge is 0.320 e. The molecule has 0 aliphatic rings. The number of hydrogen-bond donors (Lipinski definition) is 2. The zero-order valence-electron chi connectivity index (χ0n) is 20.8. The van der Waals surface area contributed by atoms with Crippen LogP contribution in [0.15, 0.2) is 73.1 Å². The summed E-state index contributed by atoms with van der Waals surface area (Å²) in [5.41, 5.74) is 5.61. The second kappa shape index (κ2) is 10.5. The highest BCUT2D eigenvalue weighted by atomic mass is 32.2. The van der Waals surface area contributed by atoms with Crippen LogP contribution in [0.5, 0.6) is 0 Å². The van der Waals surface area contributed by atoms with Crippen molar-refractivity contribution in [2.45, 2.75) is 38.5 Å². The molecule has 4 rings (SSSR count). The zero-order valence-corrected chi connectivity index (χ0v) is 21.6. The van der Waals surface area contributed by atoms with E-state index in [2.05, 4.69) is 26.7 Å². The lowest BCUT2D eigenvalue weighted by Crippen LogP contribution is -2.34. The molecule has 0 radical (unpaired) electrons. The summed E-state index contributed by atoms with van der Waals surface area (Å²) in [6.45, 7) is 5.52. The normalized spacial score (nSPS) is 12.5. The molecule has 1 unspecified atom stereocenters. The van der Waals surface area contributed by atoms with E-state index in [0.717, 1.165) is 38.7 Å². The van der Waals surface area contributed by atoms with Gasteiger partial charge < -0.3 is 5.32 Å². The number of hydrogen-bond acceptors (Lipinski definition) is 5. The van der Waals surface area contributed by atoms with Crippen molar-refractivity contribution < 1.29 is 13.2 Å². The number of amides is 2. The monoisotopic (exact) mass is 502 g/mol. The molecule has 0 bridgehead atoms. The van der Waals surface area contributed by atoms with Gasteiger partial charge in [-0.15, -0.1) is 0 Å². The third kappa shape index (κ3) is 6.07. The molecule has 2 amide bonds. The van der Waals surface area contributed by atoms with Gasteiger partial charge in [0.15, 0.2) is 0 Å². The molecule has 2 N–H and O–H groups in total. The average molecular weight is 503 g/mol. The maximum atomic E-state index is 12.0. The summed E-state index contributed by atoms with van der Waals surface area (Å²) in [6, 6.07) is 19.4. The van der Waals surface area contributed by atoms with Gasteiger partial charge in [0.1, 0.15) is 15.7 Å². The molecule has 0 saturated heterocycles. The molecule has 7 nitrogen and oxygen atoms in total. The molecule has 4 aromatic rings. The number of sulfone groups is 1. The summed E-state index contributed by atoms with van der Waals surface area (Å²) in [7, 11) is -3.14. The van der Waals surface area contributed by atoms with E-state index in [9.17, 15) is 13.2 Å². The molecule has 2 aromatic carbocycles. The number of fused-ring (bicyclic) bond motifs is 1. The standard InChI is InChI=1S/C28H30N4O3S/c1-18(2)31-28(33)32-26-11-10-24(17-30-26)21-7-5-8-22(16-21)25-15-20(13-19(3)36(4,34)35)14-23-9-6-12-29-27(23)25/h5-12,14-19H,13H2,1-4H3,(H2,30,31,32,33). The first kappa shape index (κ1) is 25.3. The SMILES string of the molecule is CC(C)NC(=O)Nc1ccc(-c2cccc(-c3cc(CC(C)S(C)(=O)=O)cc4cccnc34)c2)cn1. The lowest BCUT2D eigenvalue weighted by Gasteiger charge is -2.14. The summed E-state index contributed by atoms with van der Waals surface area (Å²) in [5.74, 6) is 0.468. The van der Waals surface area contributed by atoms with E-state index < -0.39 is 15.1 Å². The van der Waals surface area contributed by atoms with Crippen molar-refractivity contribution >= 4 is 32.6 Å². The number of carbonyl (C=O) groups excluding carboxylic acids is 1. The molecule has 1 atom stereocenters. The van der Waals surface area contributed by atoms with Crippen LogP contribution in [0, 0.1) is 0 Å². The van der Waals surface area contributed by atoms with Crippen LogP contribution in [0.3, 0.4) is 0 Å². The summed E-state index contributed by atoms with van der Waals surface area (Å²) in [4.78, 5) is 20.9. The third-order valence-corrected chi connectivity index (χ3v) is 7.58. The fourth-order valence-electron chi connectivity index (χ4n) is 4.00. The largest absolute Gasteiger partial charge is 0.336 e. The Balaban J connectivity index is 1.67. The Morgan fingerprint density at radius 1 is 0.917 bits per heavy atom. The topological polar surface area (TPSA) is 101 Å². The minimum atomic E-state index is -3.14. The van der Waals surface area contributed by atoms with Crippen molar-refractivity contribution in [2.75, 3.05) is 11.6 Å². The number of rotatable bonds is 7. The van der Waals surface area contributed by atoms with Gasteiger partial charge in [-0.2, -0.15) is 0 Å². The van der Waals surface area contributed by atoms with Crippen LogP contribution in [0.2, 0.25) is 0 Å². The summed E-state index contributed by atoms with van der Waals surface area (Å²) < 4.78 is 24.1. The number of aromatic nitrogens is 2. The quantitative estimate of drug-likeness (QED) is 0.349. The average Bonchev–Trinajstić information content (AvgIpc) is 2.83. The summed E-state index contributed by atoms with van der Waals surface area (Å²) >= 11 is 0. The van der Waals surface area contributed by atoms with Gasteiger partial charge in [-0.25, -0.2) is 18.2 Å². The predicted molar refractivity (Wildman–Crippen MR) is 146 cm³/mol. The third-order valence-electron chi connectivity index (χ3n) is 5.95. The fraction of sp³-hybridized carbons (Fsp3) is 0.250. The highest BCUT2D eigenvalue weighted by Crippen LogP contribution is 2.32. The van der Waals surface area contributed by atoms with Crippen molar-refractivity contribution in [1.29, 1.82) is 0 Å². The molecule has 2 heterocycles. The Labute approximate surface area is 211 Å². The van der Waals surface area contributed by atoms with E-state index in [0.29, 0.717) is 12.2 Å². The molecular formula is C28H30N4O3S. The molecule has 186 valence electrons. The second-order valence-electron chi connectivity index (χ2n) is 9.33. The van der Waals surface area contributed by atoms with Gasteiger partial charge in [0.25, 0.3) is 0 Å². The fourth-order valence-corrected chi connectivity index (χ4v) is 4.49. The highest BCUT2D eigenvalue weighted by molar-refractivity contribution is 7.91. The number of anilines is 1. The van der Waals surface area contributed by atoms with Crippen LogP contribution in [0.1, 0.15) is 26.3 Å². The van der Waals surface area contributed by atoms with Crippen molar-refractivity contribution in [3.8, 4) is 22.3 Å². The minimum Gasteiger partial charge on any atom is -0.336 e. The van der Waals surface area contributed by atoms with Gasteiger partial charge in [0, 0.05) is 41.2 Å². The van der Waals surface area contributed by atoms with Crippen LogP contribution in [0.25, 0.3) is 33.2 Å². The van der Waals surface area contributed by atoms with Crippen LogP contribution in [0.4, 0.5) is 10.6 Å². The van der Waals surface area contributed by atoms with Gasteiger partial charge in [0.2, 0.25) is 0 Å². The van der Waals surface area contributed by atoms with Crippen LogP contribution in [-0.2, 0) is 16.3 Å². The summed E-state index contributed by atoms with van der Waals surface area (Å²) in [5, 5.41) is 5.99. The maximum Gasteiger partial charge on any atom is 0.320 e. The molecule has 0 fully saturated rings. The second-order valence-corrected chi connectivity index (χ2v) is 11.8. The van der Waals surface area contributed by atoms with Crippen molar-refractivity contribution in [1.82, 2.24) is 15.3 Å². The first-order chi connectivity index (χ1) is 17.1. The molecular weight excluding hydrogens is 472 g/mol. The Morgan fingerprint density at radius 2 is 1.69 bits per heavy atom. The molecule has 0 saturated carbocycles. The van der Waals surface area contributed by atoms with Gasteiger partial charge in [-0.05, 0) is 80.3 Å². The number of nitrogens with one attached hydrogen (secondary N) is 2. The van der Waals surface area contributed by atoms with Crippen LogP contribution < -0.4 is 10.6 Å². The Kier molecular flexibility index (Phi) is 7.35. The molecule has 36 heavy (non-hydrogen) atoms.